The van der Waals surface area contributed by atoms with Crippen LogP contribution in [-0.4, -0.2) is 13.3 Å². The summed E-state index contributed by atoms with van der Waals surface area (Å²) in [6.45, 7) is 4.37. The molecule has 1 saturated carbocycles. The van der Waals surface area contributed by atoms with Crippen LogP contribution in [-0.2, 0) is 0 Å². The summed E-state index contributed by atoms with van der Waals surface area (Å²) in [7, 11) is 1.85. The lowest BCUT2D eigenvalue weighted by atomic mass is 10.1. The van der Waals surface area contributed by atoms with E-state index in [-0.39, 0.29) is 0 Å². The van der Waals surface area contributed by atoms with Crippen molar-refractivity contribution in [2.24, 2.45) is 16.8 Å². The Morgan fingerprint density at radius 1 is 1.73 bits per heavy atom. The zero-order valence-corrected chi connectivity index (χ0v) is 7.67. The highest BCUT2D eigenvalue weighted by atomic mass is 14.6. The summed E-state index contributed by atoms with van der Waals surface area (Å²) < 4.78 is 0. The van der Waals surface area contributed by atoms with Gasteiger partial charge in [0, 0.05) is 13.3 Å². The minimum Gasteiger partial charge on any atom is -0.301 e. The van der Waals surface area contributed by atoms with Gasteiger partial charge in [-0.3, -0.25) is 0 Å². The largest absolute Gasteiger partial charge is 0.301 e. The van der Waals surface area contributed by atoms with Crippen LogP contribution >= 0.6 is 0 Å². The molecule has 1 aliphatic rings. The molecule has 0 radical (unpaired) electrons. The molecule has 1 nitrogen and oxygen atoms in total. The van der Waals surface area contributed by atoms with Crippen LogP contribution in [0.25, 0.3) is 0 Å². The van der Waals surface area contributed by atoms with E-state index in [0.29, 0.717) is 5.92 Å². The number of hydrogen-bond acceptors (Lipinski definition) is 1. The van der Waals surface area contributed by atoms with Crippen molar-refractivity contribution in [1.82, 2.24) is 0 Å². The lowest BCUT2D eigenvalue weighted by Gasteiger charge is -2.00. The molecule has 1 rings (SSSR count). The van der Waals surface area contributed by atoms with Crippen LogP contribution in [0.15, 0.2) is 16.6 Å². The molecular formula is C10H17N. The SMILES string of the molecule is C/C=C1/CC1CC(C)C=NC. The third kappa shape index (κ3) is 2.49. The Labute approximate surface area is 69.2 Å². The first-order chi connectivity index (χ1) is 5.27. The van der Waals surface area contributed by atoms with Crippen molar-refractivity contribution < 1.29 is 0 Å². The molecule has 1 heteroatoms. The van der Waals surface area contributed by atoms with Gasteiger partial charge in [0.15, 0.2) is 0 Å². The van der Waals surface area contributed by atoms with E-state index in [0.717, 1.165) is 5.92 Å². The van der Waals surface area contributed by atoms with Crippen molar-refractivity contribution in [3.8, 4) is 0 Å². The van der Waals surface area contributed by atoms with Crippen molar-refractivity contribution in [3.05, 3.63) is 11.6 Å². The Bertz CT molecular complexity index is 179. The fourth-order valence-corrected chi connectivity index (χ4v) is 1.58. The minimum atomic E-state index is 0.655. The fraction of sp³-hybridized carbons (Fsp3) is 0.700. The van der Waals surface area contributed by atoms with Crippen LogP contribution in [0.5, 0.6) is 0 Å². The van der Waals surface area contributed by atoms with Crippen molar-refractivity contribution in [2.45, 2.75) is 26.7 Å². The molecular weight excluding hydrogens is 134 g/mol. The average molecular weight is 151 g/mol. The normalized spacial score (nSPS) is 29.7. The Balaban J connectivity index is 2.23. The summed E-state index contributed by atoms with van der Waals surface area (Å²) in [4.78, 5) is 4.02. The van der Waals surface area contributed by atoms with Gasteiger partial charge in [-0.05, 0) is 31.6 Å². The maximum atomic E-state index is 4.02. The molecule has 0 saturated heterocycles. The van der Waals surface area contributed by atoms with E-state index in [1.54, 1.807) is 5.57 Å². The number of nitrogens with zero attached hydrogens (tertiary/aromatic N) is 1. The van der Waals surface area contributed by atoms with Gasteiger partial charge in [-0.2, -0.15) is 0 Å². The Morgan fingerprint density at radius 3 is 2.91 bits per heavy atom. The molecule has 2 atom stereocenters. The highest BCUT2D eigenvalue weighted by Gasteiger charge is 2.29. The summed E-state index contributed by atoms with van der Waals surface area (Å²) in [5.41, 5.74) is 1.64. The third-order valence-electron chi connectivity index (χ3n) is 2.28. The third-order valence-corrected chi connectivity index (χ3v) is 2.28. The van der Waals surface area contributed by atoms with Gasteiger partial charge in [0.05, 0.1) is 0 Å². The standard InChI is InChI=1S/C10H17N/c1-4-9-6-10(9)5-8(2)7-11-3/h4,7-8,10H,5-6H2,1-3H3/b9-4-,11-7?. The van der Waals surface area contributed by atoms with Gasteiger partial charge < -0.3 is 4.99 Å². The van der Waals surface area contributed by atoms with E-state index in [4.69, 9.17) is 0 Å². The topological polar surface area (TPSA) is 12.4 Å². The monoisotopic (exact) mass is 151 g/mol. The Morgan fingerprint density at radius 2 is 2.45 bits per heavy atom. The number of rotatable bonds is 3. The van der Waals surface area contributed by atoms with Gasteiger partial charge in [0.2, 0.25) is 0 Å². The molecule has 0 N–H and O–H groups in total. The van der Waals surface area contributed by atoms with Crippen LogP contribution in [0, 0.1) is 11.8 Å². The maximum Gasteiger partial charge on any atom is 0.0273 e. The maximum absolute atomic E-state index is 4.02. The van der Waals surface area contributed by atoms with Crippen LogP contribution in [0.1, 0.15) is 26.7 Å². The van der Waals surface area contributed by atoms with Gasteiger partial charge in [0.25, 0.3) is 0 Å². The van der Waals surface area contributed by atoms with Crippen LogP contribution in [0.4, 0.5) is 0 Å². The van der Waals surface area contributed by atoms with E-state index in [2.05, 4.69) is 24.9 Å². The Kier molecular flexibility index (Phi) is 2.86. The molecule has 0 heterocycles. The zero-order valence-electron chi connectivity index (χ0n) is 7.67. The van der Waals surface area contributed by atoms with Crippen molar-refractivity contribution in [2.75, 3.05) is 7.05 Å². The average Bonchev–Trinajstić information content (AvgIpc) is 2.68. The van der Waals surface area contributed by atoms with Gasteiger partial charge >= 0.3 is 0 Å². The highest BCUT2D eigenvalue weighted by Crippen LogP contribution is 2.41. The summed E-state index contributed by atoms with van der Waals surface area (Å²) in [6, 6.07) is 0. The molecule has 0 aliphatic heterocycles. The summed E-state index contributed by atoms with van der Waals surface area (Å²) in [5, 5.41) is 0. The number of hydrogen-bond donors (Lipinski definition) is 0. The molecule has 0 amide bonds. The first kappa shape index (κ1) is 8.51. The van der Waals surface area contributed by atoms with Crippen LogP contribution in [0.2, 0.25) is 0 Å². The first-order valence-electron chi connectivity index (χ1n) is 4.35. The van der Waals surface area contributed by atoms with Gasteiger partial charge in [-0.1, -0.05) is 18.6 Å². The Hall–Kier alpha value is -0.590. The molecule has 0 aromatic rings. The second-order valence-electron chi connectivity index (χ2n) is 3.38. The van der Waals surface area contributed by atoms with Gasteiger partial charge in [-0.15, -0.1) is 0 Å². The van der Waals surface area contributed by atoms with E-state index >= 15 is 0 Å². The van der Waals surface area contributed by atoms with Crippen molar-refractivity contribution >= 4 is 6.21 Å². The van der Waals surface area contributed by atoms with E-state index in [1.807, 2.05) is 13.3 Å². The second-order valence-corrected chi connectivity index (χ2v) is 3.38. The minimum absolute atomic E-state index is 0.655. The molecule has 0 spiro atoms. The van der Waals surface area contributed by atoms with E-state index < -0.39 is 0 Å². The number of aliphatic imine (C=N–C) groups is 1. The first-order valence-corrected chi connectivity index (χ1v) is 4.35. The molecule has 2 unspecified atom stereocenters. The second kappa shape index (κ2) is 3.70. The molecule has 1 fully saturated rings. The predicted molar refractivity (Wildman–Crippen MR) is 50.1 cm³/mol. The molecule has 0 aromatic heterocycles. The molecule has 0 bridgehead atoms. The van der Waals surface area contributed by atoms with Gasteiger partial charge in [-0.25, -0.2) is 0 Å². The van der Waals surface area contributed by atoms with E-state index in [9.17, 15) is 0 Å². The quantitative estimate of drug-likeness (QED) is 0.434. The molecule has 11 heavy (non-hydrogen) atoms. The van der Waals surface area contributed by atoms with E-state index in [1.165, 1.54) is 12.8 Å². The fourth-order valence-electron chi connectivity index (χ4n) is 1.58. The van der Waals surface area contributed by atoms with Crippen LogP contribution < -0.4 is 0 Å². The number of allylic oxidation sites excluding steroid dienone is 2. The lowest BCUT2D eigenvalue weighted by Crippen LogP contribution is -1.96. The lowest BCUT2D eigenvalue weighted by molar-refractivity contribution is 0.642. The van der Waals surface area contributed by atoms with Crippen molar-refractivity contribution in [3.63, 3.8) is 0 Å². The van der Waals surface area contributed by atoms with Crippen LogP contribution in [0.3, 0.4) is 0 Å². The molecule has 1 aliphatic carbocycles. The highest BCUT2D eigenvalue weighted by molar-refractivity contribution is 5.60. The summed E-state index contributed by atoms with van der Waals surface area (Å²) in [5.74, 6) is 1.54. The zero-order chi connectivity index (χ0) is 8.27. The van der Waals surface area contributed by atoms with Crippen molar-refractivity contribution in [1.29, 1.82) is 0 Å². The van der Waals surface area contributed by atoms with Gasteiger partial charge in [0.1, 0.15) is 0 Å². The molecule has 0 aromatic carbocycles. The molecule has 62 valence electrons. The predicted octanol–water partition coefficient (Wildman–Crippen LogP) is 2.68. The summed E-state index contributed by atoms with van der Waals surface area (Å²) >= 11 is 0. The smallest absolute Gasteiger partial charge is 0.0273 e. The summed E-state index contributed by atoms with van der Waals surface area (Å²) in [6.07, 6.45) is 6.92.